The van der Waals surface area contributed by atoms with Crippen molar-refractivity contribution in [1.29, 1.82) is 0 Å². The van der Waals surface area contributed by atoms with Gasteiger partial charge in [0.25, 0.3) is 0 Å². The van der Waals surface area contributed by atoms with E-state index in [1.807, 2.05) is 17.8 Å². The molecule has 13 heavy (non-hydrogen) atoms. The Bertz CT molecular complexity index is 278. The molecule has 3 nitrogen and oxygen atoms in total. The van der Waals surface area contributed by atoms with E-state index >= 15 is 0 Å². The summed E-state index contributed by atoms with van der Waals surface area (Å²) in [6.07, 6.45) is 6.30. The Morgan fingerprint density at radius 1 is 1.54 bits per heavy atom. The summed E-state index contributed by atoms with van der Waals surface area (Å²) in [5, 5.41) is 4.15. The largest absolute Gasteiger partial charge is 0.296 e. The highest BCUT2D eigenvalue weighted by Crippen LogP contribution is 2.04. The third-order valence-electron chi connectivity index (χ3n) is 2.09. The minimum Gasteiger partial charge on any atom is -0.296 e. The van der Waals surface area contributed by atoms with E-state index in [1.165, 1.54) is 12.8 Å². The number of aldehydes is 1. The van der Waals surface area contributed by atoms with Crippen LogP contribution in [0.25, 0.3) is 0 Å². The van der Waals surface area contributed by atoms with Crippen LogP contribution in [0, 0.1) is 6.92 Å². The fourth-order valence-corrected chi connectivity index (χ4v) is 1.29. The van der Waals surface area contributed by atoms with E-state index in [9.17, 15) is 4.79 Å². The van der Waals surface area contributed by atoms with Gasteiger partial charge in [0.05, 0.1) is 0 Å². The van der Waals surface area contributed by atoms with Crippen LogP contribution >= 0.6 is 0 Å². The van der Waals surface area contributed by atoms with Crippen LogP contribution in [-0.4, -0.2) is 16.1 Å². The Labute approximate surface area is 78.8 Å². The SMILES string of the molecule is CCCCCn1cc(C)c(C=O)n1. The molecule has 0 atom stereocenters. The van der Waals surface area contributed by atoms with E-state index in [2.05, 4.69) is 12.0 Å². The predicted octanol–water partition coefficient (Wildman–Crippen LogP) is 2.19. The van der Waals surface area contributed by atoms with Gasteiger partial charge >= 0.3 is 0 Å². The molecular formula is C10H16N2O. The van der Waals surface area contributed by atoms with Crippen LogP contribution in [-0.2, 0) is 6.54 Å². The molecular weight excluding hydrogens is 164 g/mol. The number of hydrogen-bond acceptors (Lipinski definition) is 2. The fraction of sp³-hybridized carbons (Fsp3) is 0.600. The zero-order valence-electron chi connectivity index (χ0n) is 8.29. The summed E-state index contributed by atoms with van der Waals surface area (Å²) in [4.78, 5) is 10.5. The van der Waals surface area contributed by atoms with Crippen LogP contribution in [0.3, 0.4) is 0 Å². The van der Waals surface area contributed by atoms with E-state index in [0.29, 0.717) is 5.69 Å². The molecule has 0 aliphatic heterocycles. The second-order valence-electron chi connectivity index (χ2n) is 3.29. The maximum absolute atomic E-state index is 10.5. The zero-order chi connectivity index (χ0) is 9.68. The van der Waals surface area contributed by atoms with Gasteiger partial charge in [-0.1, -0.05) is 19.8 Å². The van der Waals surface area contributed by atoms with E-state index in [1.54, 1.807) is 0 Å². The maximum atomic E-state index is 10.5. The molecule has 0 aliphatic carbocycles. The van der Waals surface area contributed by atoms with Crippen molar-refractivity contribution >= 4 is 6.29 Å². The molecule has 1 rings (SSSR count). The molecule has 1 aromatic heterocycles. The third-order valence-corrected chi connectivity index (χ3v) is 2.09. The normalized spacial score (nSPS) is 10.3. The minimum atomic E-state index is 0.566. The van der Waals surface area contributed by atoms with E-state index < -0.39 is 0 Å². The molecule has 0 bridgehead atoms. The lowest BCUT2D eigenvalue weighted by molar-refractivity contribution is 0.111. The molecule has 0 radical (unpaired) electrons. The van der Waals surface area contributed by atoms with Gasteiger partial charge in [-0.2, -0.15) is 5.10 Å². The van der Waals surface area contributed by atoms with Gasteiger partial charge in [0.15, 0.2) is 6.29 Å². The molecule has 0 N–H and O–H groups in total. The van der Waals surface area contributed by atoms with Crippen LogP contribution in [0.5, 0.6) is 0 Å². The molecule has 3 heteroatoms. The molecule has 0 aromatic carbocycles. The van der Waals surface area contributed by atoms with Crippen LogP contribution in [0.1, 0.15) is 42.2 Å². The maximum Gasteiger partial charge on any atom is 0.170 e. The second-order valence-corrected chi connectivity index (χ2v) is 3.29. The lowest BCUT2D eigenvalue weighted by Gasteiger charge is -1.98. The van der Waals surface area contributed by atoms with E-state index in [0.717, 1.165) is 24.8 Å². The monoisotopic (exact) mass is 180 g/mol. The Kier molecular flexibility index (Phi) is 3.68. The first-order valence-corrected chi connectivity index (χ1v) is 4.77. The van der Waals surface area contributed by atoms with Gasteiger partial charge in [0.1, 0.15) is 5.69 Å². The Morgan fingerprint density at radius 3 is 2.85 bits per heavy atom. The average molecular weight is 180 g/mol. The number of unbranched alkanes of at least 4 members (excludes halogenated alkanes) is 2. The van der Waals surface area contributed by atoms with Gasteiger partial charge in [-0.05, 0) is 18.9 Å². The lowest BCUT2D eigenvalue weighted by atomic mass is 10.2. The number of aromatic nitrogens is 2. The summed E-state index contributed by atoms with van der Waals surface area (Å²) >= 11 is 0. The van der Waals surface area contributed by atoms with Gasteiger partial charge in [-0.3, -0.25) is 9.48 Å². The van der Waals surface area contributed by atoms with Gasteiger partial charge < -0.3 is 0 Å². The molecule has 0 unspecified atom stereocenters. The first-order chi connectivity index (χ1) is 6.27. The molecule has 0 spiro atoms. The molecule has 0 saturated carbocycles. The molecule has 0 saturated heterocycles. The first kappa shape index (κ1) is 9.96. The van der Waals surface area contributed by atoms with Crippen LogP contribution < -0.4 is 0 Å². The molecule has 72 valence electrons. The van der Waals surface area contributed by atoms with Crippen molar-refractivity contribution in [2.75, 3.05) is 0 Å². The quantitative estimate of drug-likeness (QED) is 0.514. The number of rotatable bonds is 5. The van der Waals surface area contributed by atoms with Gasteiger partial charge in [-0.25, -0.2) is 0 Å². The first-order valence-electron chi connectivity index (χ1n) is 4.77. The van der Waals surface area contributed by atoms with E-state index in [-0.39, 0.29) is 0 Å². The summed E-state index contributed by atoms with van der Waals surface area (Å²) < 4.78 is 1.86. The molecule has 0 amide bonds. The van der Waals surface area contributed by atoms with Gasteiger partial charge in [0, 0.05) is 12.7 Å². The number of hydrogen-bond donors (Lipinski definition) is 0. The lowest BCUT2D eigenvalue weighted by Crippen LogP contribution is -1.99. The van der Waals surface area contributed by atoms with Crippen molar-refractivity contribution in [1.82, 2.24) is 9.78 Å². The van der Waals surface area contributed by atoms with Crippen molar-refractivity contribution < 1.29 is 4.79 Å². The average Bonchev–Trinajstić information content (AvgIpc) is 2.47. The van der Waals surface area contributed by atoms with Crippen molar-refractivity contribution in [3.63, 3.8) is 0 Å². The van der Waals surface area contributed by atoms with Gasteiger partial charge in [-0.15, -0.1) is 0 Å². The summed E-state index contributed by atoms with van der Waals surface area (Å²) in [7, 11) is 0. The van der Waals surface area contributed by atoms with Crippen LogP contribution in [0.4, 0.5) is 0 Å². The number of aryl methyl sites for hydroxylation is 2. The number of nitrogens with zero attached hydrogens (tertiary/aromatic N) is 2. The molecule has 1 heterocycles. The Morgan fingerprint density at radius 2 is 2.31 bits per heavy atom. The highest BCUT2D eigenvalue weighted by atomic mass is 16.1. The number of carbonyl (C=O) groups excluding carboxylic acids is 1. The summed E-state index contributed by atoms with van der Waals surface area (Å²) in [5.74, 6) is 0. The predicted molar refractivity (Wildman–Crippen MR) is 51.9 cm³/mol. The smallest absolute Gasteiger partial charge is 0.170 e. The third kappa shape index (κ3) is 2.68. The topological polar surface area (TPSA) is 34.9 Å². The van der Waals surface area contributed by atoms with Crippen molar-refractivity contribution in [3.05, 3.63) is 17.5 Å². The summed E-state index contributed by atoms with van der Waals surface area (Å²) in [6, 6.07) is 0. The van der Waals surface area contributed by atoms with Crippen molar-refractivity contribution in [3.8, 4) is 0 Å². The minimum absolute atomic E-state index is 0.566. The molecule has 0 aliphatic rings. The highest BCUT2D eigenvalue weighted by molar-refractivity contribution is 5.73. The standard InChI is InChI=1S/C10H16N2O/c1-3-4-5-6-12-7-9(2)10(8-13)11-12/h7-8H,3-6H2,1-2H3. The van der Waals surface area contributed by atoms with Crippen LogP contribution in [0.15, 0.2) is 6.20 Å². The fourth-order valence-electron chi connectivity index (χ4n) is 1.29. The highest BCUT2D eigenvalue weighted by Gasteiger charge is 2.02. The second kappa shape index (κ2) is 4.80. The van der Waals surface area contributed by atoms with E-state index in [4.69, 9.17) is 0 Å². The summed E-state index contributed by atoms with van der Waals surface area (Å²) in [5.41, 5.74) is 1.53. The summed E-state index contributed by atoms with van der Waals surface area (Å²) in [6.45, 7) is 5.00. The number of carbonyl (C=O) groups is 1. The Balaban J connectivity index is 2.52. The van der Waals surface area contributed by atoms with Crippen LogP contribution in [0.2, 0.25) is 0 Å². The van der Waals surface area contributed by atoms with Gasteiger partial charge in [0.2, 0.25) is 0 Å². The van der Waals surface area contributed by atoms with Crippen molar-refractivity contribution in [2.45, 2.75) is 39.7 Å². The molecule has 1 aromatic rings. The Hall–Kier alpha value is -1.12. The molecule has 0 fully saturated rings. The van der Waals surface area contributed by atoms with Crippen molar-refractivity contribution in [2.24, 2.45) is 0 Å². The zero-order valence-corrected chi connectivity index (χ0v) is 8.29.